The van der Waals surface area contributed by atoms with Gasteiger partial charge in [0.2, 0.25) is 0 Å². The zero-order valence-corrected chi connectivity index (χ0v) is 9.65. The van der Waals surface area contributed by atoms with Gasteiger partial charge in [-0.3, -0.25) is 0 Å². The van der Waals surface area contributed by atoms with Crippen LogP contribution in [0.4, 0.5) is 0 Å². The van der Waals surface area contributed by atoms with Gasteiger partial charge in [-0.05, 0) is 29.0 Å². The summed E-state index contributed by atoms with van der Waals surface area (Å²) in [6.45, 7) is 1.70. The van der Waals surface area contributed by atoms with Crippen LogP contribution in [0.15, 0.2) is 12.4 Å². The van der Waals surface area contributed by atoms with Gasteiger partial charge in [-0.2, -0.15) is 0 Å². The average Bonchev–Trinajstić information content (AvgIpc) is 2.71. The fraction of sp³-hybridized carbons (Fsp3) is 0.556. The second kappa shape index (κ2) is 3.88. The van der Waals surface area contributed by atoms with Gasteiger partial charge in [0, 0.05) is 19.0 Å². The summed E-state index contributed by atoms with van der Waals surface area (Å²) in [6, 6.07) is 0.498. The predicted molar refractivity (Wildman–Crippen MR) is 58.2 cm³/mol. The molecule has 1 unspecified atom stereocenters. The van der Waals surface area contributed by atoms with Gasteiger partial charge in [-0.25, -0.2) is 0 Å². The van der Waals surface area contributed by atoms with Crippen LogP contribution in [-0.2, 0) is 4.74 Å². The van der Waals surface area contributed by atoms with Crippen molar-refractivity contribution in [1.29, 1.82) is 0 Å². The quantitative estimate of drug-likeness (QED) is 0.779. The van der Waals surface area contributed by atoms with Gasteiger partial charge in [0.05, 0.1) is 23.3 Å². The van der Waals surface area contributed by atoms with Gasteiger partial charge in [-0.15, -0.1) is 0 Å². The highest BCUT2D eigenvalue weighted by molar-refractivity contribution is 14.1. The van der Waals surface area contributed by atoms with Gasteiger partial charge in [0.25, 0.3) is 0 Å². The first kappa shape index (κ1) is 9.33. The summed E-state index contributed by atoms with van der Waals surface area (Å²) in [7, 11) is 1.70. The van der Waals surface area contributed by atoms with Gasteiger partial charge >= 0.3 is 0 Å². The highest BCUT2D eigenvalue weighted by atomic mass is 127. The van der Waals surface area contributed by atoms with E-state index in [1.54, 1.807) is 7.11 Å². The molecule has 0 aliphatic carbocycles. The minimum absolute atomic E-state index is 0.498. The number of rotatable bonds is 2. The maximum atomic E-state index is 5.33. The highest BCUT2D eigenvalue weighted by Crippen LogP contribution is 2.27. The lowest BCUT2D eigenvalue weighted by atomic mass is 10.3. The summed E-state index contributed by atoms with van der Waals surface area (Å²) in [5.74, 6) is 0.951. The molecular formula is C9H12INO2. The number of halogens is 1. The van der Waals surface area contributed by atoms with Crippen molar-refractivity contribution in [2.75, 3.05) is 20.3 Å². The molecule has 1 fully saturated rings. The molecule has 13 heavy (non-hydrogen) atoms. The third kappa shape index (κ3) is 1.83. The van der Waals surface area contributed by atoms with Crippen LogP contribution in [0.5, 0.6) is 5.75 Å². The second-order valence-electron chi connectivity index (χ2n) is 3.14. The fourth-order valence-electron chi connectivity index (χ4n) is 1.55. The maximum absolute atomic E-state index is 5.33. The van der Waals surface area contributed by atoms with Crippen LogP contribution in [0, 0.1) is 3.57 Å². The lowest BCUT2D eigenvalue weighted by molar-refractivity contribution is 0.186. The molecule has 2 rings (SSSR count). The highest BCUT2D eigenvalue weighted by Gasteiger charge is 2.18. The lowest BCUT2D eigenvalue weighted by Gasteiger charge is -2.08. The summed E-state index contributed by atoms with van der Waals surface area (Å²) in [6.07, 6.45) is 5.26. The van der Waals surface area contributed by atoms with Gasteiger partial charge in [-0.1, -0.05) is 0 Å². The molecule has 3 nitrogen and oxygen atoms in total. The Bertz CT molecular complexity index is 292. The molecule has 0 amide bonds. The Kier molecular flexibility index (Phi) is 2.78. The Morgan fingerprint density at radius 2 is 2.46 bits per heavy atom. The van der Waals surface area contributed by atoms with Gasteiger partial charge in [0.1, 0.15) is 5.75 Å². The predicted octanol–water partition coefficient (Wildman–Crippen LogP) is 2.06. The number of hydrogen-bond acceptors (Lipinski definition) is 2. The van der Waals surface area contributed by atoms with E-state index in [0.29, 0.717) is 6.04 Å². The molecule has 0 saturated carbocycles. The number of methoxy groups -OCH3 is 1. The van der Waals surface area contributed by atoms with Crippen LogP contribution in [0.3, 0.4) is 0 Å². The first-order valence-corrected chi connectivity index (χ1v) is 5.38. The van der Waals surface area contributed by atoms with E-state index in [2.05, 4.69) is 33.4 Å². The van der Waals surface area contributed by atoms with Crippen LogP contribution in [-0.4, -0.2) is 24.9 Å². The number of nitrogens with zero attached hydrogens (tertiary/aromatic N) is 1. The molecule has 1 aliphatic rings. The lowest BCUT2D eigenvalue weighted by Crippen LogP contribution is -2.05. The summed E-state index contributed by atoms with van der Waals surface area (Å²) < 4.78 is 13.9. The molecule has 1 aromatic heterocycles. The Hall–Kier alpha value is -0.230. The smallest absolute Gasteiger partial charge is 0.149 e. The Labute approximate surface area is 91.2 Å². The van der Waals surface area contributed by atoms with Crippen LogP contribution in [0.25, 0.3) is 0 Å². The molecule has 1 aliphatic heterocycles. The van der Waals surface area contributed by atoms with Gasteiger partial charge in [0.15, 0.2) is 0 Å². The van der Waals surface area contributed by atoms with Crippen LogP contribution >= 0.6 is 22.6 Å². The third-order valence-electron chi connectivity index (χ3n) is 2.31. The largest absolute Gasteiger partial charge is 0.494 e. The van der Waals surface area contributed by atoms with Crippen LogP contribution in [0.2, 0.25) is 0 Å². The van der Waals surface area contributed by atoms with Crippen molar-refractivity contribution in [3.05, 3.63) is 16.0 Å². The Morgan fingerprint density at radius 3 is 3.00 bits per heavy atom. The van der Waals surface area contributed by atoms with Crippen molar-refractivity contribution in [3.8, 4) is 5.75 Å². The number of hydrogen-bond donors (Lipinski definition) is 0. The van der Waals surface area contributed by atoms with E-state index in [1.165, 1.54) is 0 Å². The molecule has 0 spiro atoms. The molecular weight excluding hydrogens is 281 g/mol. The topological polar surface area (TPSA) is 23.4 Å². The molecule has 72 valence electrons. The number of aromatic nitrogens is 1. The van der Waals surface area contributed by atoms with E-state index in [-0.39, 0.29) is 0 Å². The molecule has 0 aromatic carbocycles. The van der Waals surface area contributed by atoms with E-state index in [4.69, 9.17) is 9.47 Å². The first-order chi connectivity index (χ1) is 6.31. The van der Waals surface area contributed by atoms with Crippen molar-refractivity contribution < 1.29 is 9.47 Å². The van der Waals surface area contributed by atoms with E-state index < -0.39 is 0 Å². The summed E-state index contributed by atoms with van der Waals surface area (Å²) in [5, 5.41) is 0. The minimum atomic E-state index is 0.498. The van der Waals surface area contributed by atoms with E-state index in [1.807, 2.05) is 6.20 Å². The summed E-state index contributed by atoms with van der Waals surface area (Å²) >= 11 is 2.28. The van der Waals surface area contributed by atoms with Gasteiger partial charge < -0.3 is 14.0 Å². The molecule has 0 N–H and O–H groups in total. The van der Waals surface area contributed by atoms with Crippen molar-refractivity contribution in [1.82, 2.24) is 4.57 Å². The van der Waals surface area contributed by atoms with Crippen LogP contribution < -0.4 is 4.74 Å². The third-order valence-corrected chi connectivity index (χ3v) is 3.12. The molecule has 1 saturated heterocycles. The zero-order valence-electron chi connectivity index (χ0n) is 7.50. The van der Waals surface area contributed by atoms with E-state index in [0.717, 1.165) is 29.0 Å². The molecule has 1 aromatic rings. The number of ether oxygens (including phenoxy) is 2. The van der Waals surface area contributed by atoms with Crippen LogP contribution in [0.1, 0.15) is 12.5 Å². The Morgan fingerprint density at radius 1 is 1.62 bits per heavy atom. The van der Waals surface area contributed by atoms with Crippen molar-refractivity contribution in [3.63, 3.8) is 0 Å². The first-order valence-electron chi connectivity index (χ1n) is 4.30. The van der Waals surface area contributed by atoms with E-state index in [9.17, 15) is 0 Å². The maximum Gasteiger partial charge on any atom is 0.149 e. The molecule has 2 heterocycles. The standard InChI is InChI=1S/C9H12INO2/c1-12-9-5-11(4-8(9)10)7-2-3-13-6-7/h4-5,7H,2-3,6H2,1H3. The van der Waals surface area contributed by atoms with Crippen molar-refractivity contribution in [2.24, 2.45) is 0 Å². The van der Waals surface area contributed by atoms with Crippen molar-refractivity contribution >= 4 is 22.6 Å². The molecule has 0 radical (unpaired) electrons. The fourth-order valence-corrected chi connectivity index (χ4v) is 2.23. The monoisotopic (exact) mass is 293 g/mol. The average molecular weight is 293 g/mol. The minimum Gasteiger partial charge on any atom is -0.494 e. The van der Waals surface area contributed by atoms with E-state index >= 15 is 0 Å². The molecule has 1 atom stereocenters. The second-order valence-corrected chi connectivity index (χ2v) is 4.30. The normalized spacial score (nSPS) is 22.2. The zero-order chi connectivity index (χ0) is 9.26. The Balaban J connectivity index is 2.20. The molecule has 4 heteroatoms. The summed E-state index contributed by atoms with van der Waals surface area (Å²) in [4.78, 5) is 0. The summed E-state index contributed by atoms with van der Waals surface area (Å²) in [5.41, 5.74) is 0. The SMILES string of the molecule is COc1cn(C2CCOC2)cc1I. The van der Waals surface area contributed by atoms with Crippen molar-refractivity contribution in [2.45, 2.75) is 12.5 Å². The molecule has 0 bridgehead atoms.